The van der Waals surface area contributed by atoms with Gasteiger partial charge in [-0.3, -0.25) is 9.78 Å². The number of Topliss-reactive ketones (excluding diaryl/α,β-unsaturated/α-hetero) is 1. The van der Waals surface area contributed by atoms with Crippen LogP contribution in [0.15, 0.2) is 47.3 Å². The molecule has 5 nitrogen and oxygen atoms in total. The Labute approximate surface area is 194 Å². The predicted octanol–water partition coefficient (Wildman–Crippen LogP) is 5.80. The number of H-pyrrole nitrogens is 1. The molecule has 0 amide bonds. The van der Waals surface area contributed by atoms with Crippen LogP contribution in [0.4, 0.5) is 13.2 Å². The number of aromatic amines is 1. The molecule has 2 aromatic carbocycles. The van der Waals surface area contributed by atoms with Crippen LogP contribution >= 0.6 is 11.6 Å². The number of alkyl halides is 3. The second kappa shape index (κ2) is 9.47. The first-order valence-electron chi connectivity index (χ1n) is 10.4. The molecule has 3 aromatic rings. The number of ketones is 1. The van der Waals surface area contributed by atoms with Crippen molar-refractivity contribution in [3.05, 3.63) is 69.1 Å². The van der Waals surface area contributed by atoms with E-state index in [0.29, 0.717) is 21.7 Å². The van der Waals surface area contributed by atoms with Gasteiger partial charge in [0.2, 0.25) is 0 Å². The zero-order chi connectivity index (χ0) is 24.4. The molecule has 0 spiro atoms. The molecule has 0 bridgehead atoms. The molecule has 0 aliphatic heterocycles. The molecule has 9 heteroatoms. The Balaban J connectivity index is 1.92. The first kappa shape index (κ1) is 24.6. The Morgan fingerprint density at radius 1 is 1.06 bits per heavy atom. The maximum atomic E-state index is 13.1. The van der Waals surface area contributed by atoms with E-state index < -0.39 is 23.1 Å². The van der Waals surface area contributed by atoms with E-state index in [9.17, 15) is 22.8 Å². The number of carbonyl (C=O) groups is 1. The molecule has 33 heavy (non-hydrogen) atoms. The van der Waals surface area contributed by atoms with Crippen LogP contribution in [-0.2, 0) is 17.6 Å². The normalized spacial score (nSPS) is 12.1. The highest BCUT2D eigenvalue weighted by Gasteiger charge is 2.51. The van der Waals surface area contributed by atoms with E-state index in [-0.39, 0.29) is 24.5 Å². The third-order valence-corrected chi connectivity index (χ3v) is 5.91. The molecule has 0 atom stereocenters. The molecule has 0 aliphatic rings. The number of hydrogen-bond donors (Lipinski definition) is 1. The number of rotatable bonds is 7. The molecule has 0 saturated heterocycles. The minimum absolute atomic E-state index is 0.0865. The van der Waals surface area contributed by atoms with Gasteiger partial charge in [0.05, 0.1) is 5.02 Å². The lowest BCUT2D eigenvalue weighted by Crippen LogP contribution is -2.39. The molecule has 3 rings (SSSR count). The molecule has 0 aliphatic carbocycles. The Bertz CT molecular complexity index is 1240. The number of nitrogens with one attached hydrogen (secondary N) is 1. The van der Waals surface area contributed by atoms with Crippen LogP contribution in [0.2, 0.25) is 5.02 Å². The van der Waals surface area contributed by atoms with Crippen LogP contribution in [0, 0.1) is 5.41 Å². The number of hydrogen-bond acceptors (Lipinski definition) is 4. The lowest BCUT2D eigenvalue weighted by Gasteiger charge is -2.26. The summed E-state index contributed by atoms with van der Waals surface area (Å²) in [5, 5.41) is 0.295. The van der Waals surface area contributed by atoms with E-state index in [0.717, 1.165) is 25.8 Å². The molecule has 0 fully saturated rings. The second-order valence-corrected chi connectivity index (χ2v) is 8.65. The van der Waals surface area contributed by atoms with Crippen molar-refractivity contribution in [2.75, 3.05) is 0 Å². The summed E-state index contributed by atoms with van der Waals surface area (Å²) in [6, 6.07) is 12.3. The summed E-state index contributed by atoms with van der Waals surface area (Å²) in [5.41, 5.74) is -0.320. The Morgan fingerprint density at radius 3 is 2.45 bits per heavy atom. The Kier molecular flexibility index (Phi) is 7.07. The van der Waals surface area contributed by atoms with Gasteiger partial charge in [0.1, 0.15) is 17.0 Å². The summed E-state index contributed by atoms with van der Waals surface area (Å²) in [5.74, 6) is -0.492. The largest absolute Gasteiger partial charge is 0.400 e. The SMILES string of the molecule is CCc1cccc(-c2nc(-c3cc(CCC(=O)C(C)(C)C(F)(F)F)ccc3Cl)[nH]c(=O)n2)c1. The lowest BCUT2D eigenvalue weighted by molar-refractivity contribution is -0.210. The van der Waals surface area contributed by atoms with Crippen molar-refractivity contribution in [2.45, 2.75) is 46.2 Å². The quantitative estimate of drug-likeness (QED) is 0.466. The number of halogens is 4. The third-order valence-electron chi connectivity index (χ3n) is 5.58. The molecular formula is C24H23ClF3N3O2. The lowest BCUT2D eigenvalue weighted by atomic mass is 9.84. The van der Waals surface area contributed by atoms with Crippen LogP contribution in [0.5, 0.6) is 0 Å². The smallest absolute Gasteiger partial charge is 0.299 e. The fourth-order valence-electron chi connectivity index (χ4n) is 3.21. The van der Waals surface area contributed by atoms with Gasteiger partial charge in [0.15, 0.2) is 5.82 Å². The van der Waals surface area contributed by atoms with Gasteiger partial charge in [-0.2, -0.15) is 18.2 Å². The van der Waals surface area contributed by atoms with Gasteiger partial charge in [-0.15, -0.1) is 0 Å². The summed E-state index contributed by atoms with van der Waals surface area (Å²) < 4.78 is 39.4. The zero-order valence-corrected chi connectivity index (χ0v) is 19.1. The number of benzene rings is 2. The van der Waals surface area contributed by atoms with Crippen LogP contribution in [0.1, 0.15) is 38.3 Å². The monoisotopic (exact) mass is 477 g/mol. The van der Waals surface area contributed by atoms with Crippen LogP contribution in [0.25, 0.3) is 22.8 Å². The predicted molar refractivity (Wildman–Crippen MR) is 121 cm³/mol. The van der Waals surface area contributed by atoms with Gasteiger partial charge in [-0.25, -0.2) is 9.78 Å². The molecule has 0 radical (unpaired) electrons. The maximum absolute atomic E-state index is 13.1. The Morgan fingerprint density at radius 2 is 1.79 bits per heavy atom. The first-order chi connectivity index (χ1) is 15.4. The second-order valence-electron chi connectivity index (χ2n) is 8.24. The molecule has 174 valence electrons. The topological polar surface area (TPSA) is 75.7 Å². The summed E-state index contributed by atoms with van der Waals surface area (Å²) in [6.07, 6.45) is -4.02. The zero-order valence-electron chi connectivity index (χ0n) is 18.4. The van der Waals surface area contributed by atoms with Crippen molar-refractivity contribution in [2.24, 2.45) is 5.41 Å². The number of aryl methyl sites for hydroxylation is 2. The van der Waals surface area contributed by atoms with Gasteiger partial charge >= 0.3 is 11.9 Å². The summed E-state index contributed by atoms with van der Waals surface area (Å²) in [7, 11) is 0. The van der Waals surface area contributed by atoms with E-state index in [1.165, 1.54) is 0 Å². The third kappa shape index (κ3) is 5.50. The average molecular weight is 478 g/mol. The minimum atomic E-state index is -4.62. The summed E-state index contributed by atoms with van der Waals surface area (Å²) >= 11 is 6.33. The Hall–Kier alpha value is -3.00. The fourth-order valence-corrected chi connectivity index (χ4v) is 3.42. The van der Waals surface area contributed by atoms with Crippen molar-refractivity contribution < 1.29 is 18.0 Å². The van der Waals surface area contributed by atoms with Crippen LogP contribution in [0.3, 0.4) is 0 Å². The van der Waals surface area contributed by atoms with Gasteiger partial charge in [0, 0.05) is 17.5 Å². The fraction of sp³-hybridized carbons (Fsp3) is 0.333. The average Bonchev–Trinajstić information content (AvgIpc) is 2.77. The number of carbonyl (C=O) groups excluding carboxylic acids is 1. The molecular weight excluding hydrogens is 455 g/mol. The van der Waals surface area contributed by atoms with Crippen molar-refractivity contribution >= 4 is 17.4 Å². The van der Waals surface area contributed by atoms with Gasteiger partial charge in [-0.1, -0.05) is 42.8 Å². The van der Waals surface area contributed by atoms with E-state index in [1.54, 1.807) is 24.3 Å². The number of nitrogens with zero attached hydrogens (tertiary/aromatic N) is 2. The van der Waals surface area contributed by atoms with Crippen molar-refractivity contribution in [3.63, 3.8) is 0 Å². The van der Waals surface area contributed by atoms with Crippen LogP contribution in [-0.4, -0.2) is 26.9 Å². The molecule has 1 aromatic heterocycles. The first-order valence-corrected chi connectivity index (χ1v) is 10.8. The molecule has 1 N–H and O–H groups in total. The summed E-state index contributed by atoms with van der Waals surface area (Å²) in [4.78, 5) is 35.4. The van der Waals surface area contributed by atoms with E-state index >= 15 is 0 Å². The van der Waals surface area contributed by atoms with Crippen molar-refractivity contribution in [1.29, 1.82) is 0 Å². The van der Waals surface area contributed by atoms with Gasteiger partial charge in [-0.05, 0) is 56.0 Å². The molecule has 0 unspecified atom stereocenters. The van der Waals surface area contributed by atoms with Crippen molar-refractivity contribution in [3.8, 4) is 22.8 Å². The van der Waals surface area contributed by atoms with E-state index in [1.807, 2.05) is 25.1 Å². The standard InChI is InChI=1S/C24H23ClF3N3O2/c1-4-14-6-5-7-16(12-14)20-29-21(31-22(33)30-20)17-13-15(8-10-18(17)25)9-11-19(32)23(2,3)24(26,27)28/h5-8,10,12-13H,4,9,11H2,1-3H3,(H,29,30,31,33). The highest BCUT2D eigenvalue weighted by atomic mass is 35.5. The van der Waals surface area contributed by atoms with Crippen LogP contribution < -0.4 is 5.69 Å². The van der Waals surface area contributed by atoms with Crippen molar-refractivity contribution in [1.82, 2.24) is 15.0 Å². The van der Waals surface area contributed by atoms with Gasteiger partial charge < -0.3 is 0 Å². The van der Waals surface area contributed by atoms with E-state index in [2.05, 4.69) is 15.0 Å². The minimum Gasteiger partial charge on any atom is -0.299 e. The molecule has 1 heterocycles. The summed E-state index contributed by atoms with van der Waals surface area (Å²) in [6.45, 7) is 3.77. The number of aromatic nitrogens is 3. The maximum Gasteiger partial charge on any atom is 0.400 e. The highest BCUT2D eigenvalue weighted by Crippen LogP contribution is 2.39. The van der Waals surface area contributed by atoms with E-state index in [4.69, 9.17) is 11.6 Å². The highest BCUT2D eigenvalue weighted by molar-refractivity contribution is 6.33. The van der Waals surface area contributed by atoms with Gasteiger partial charge in [0.25, 0.3) is 0 Å². The molecule has 0 saturated carbocycles.